The maximum Gasteiger partial charge on any atom is 0.336 e. The SMILES string of the molecule is COC(=O)CCCc1cc(=O)oc2cc(N)ccc12. The van der Waals surface area contributed by atoms with Gasteiger partial charge in [-0.3, -0.25) is 4.79 Å². The number of nitrogens with two attached hydrogens (primary N) is 1. The number of esters is 1. The van der Waals surface area contributed by atoms with E-state index in [1.165, 1.54) is 13.2 Å². The highest BCUT2D eigenvalue weighted by Crippen LogP contribution is 2.21. The second kappa shape index (κ2) is 5.56. The van der Waals surface area contributed by atoms with E-state index in [1.807, 2.05) is 6.07 Å². The van der Waals surface area contributed by atoms with Crippen molar-refractivity contribution in [2.45, 2.75) is 19.3 Å². The normalized spacial score (nSPS) is 10.6. The maximum absolute atomic E-state index is 11.5. The molecule has 0 aliphatic heterocycles. The molecule has 0 radical (unpaired) electrons. The van der Waals surface area contributed by atoms with Crippen LogP contribution in [0.25, 0.3) is 11.0 Å². The van der Waals surface area contributed by atoms with Crippen molar-refractivity contribution in [3.63, 3.8) is 0 Å². The van der Waals surface area contributed by atoms with E-state index in [4.69, 9.17) is 10.2 Å². The highest BCUT2D eigenvalue weighted by Gasteiger charge is 2.07. The smallest absolute Gasteiger partial charge is 0.336 e. The lowest BCUT2D eigenvalue weighted by Gasteiger charge is -2.05. The molecule has 0 aliphatic carbocycles. The fraction of sp³-hybridized carbons (Fsp3) is 0.286. The van der Waals surface area contributed by atoms with Crippen LogP contribution in [0, 0.1) is 0 Å². The van der Waals surface area contributed by atoms with Gasteiger partial charge in [0.05, 0.1) is 7.11 Å². The van der Waals surface area contributed by atoms with E-state index in [-0.39, 0.29) is 5.97 Å². The number of carbonyl (C=O) groups is 1. The molecule has 0 bridgehead atoms. The fourth-order valence-electron chi connectivity index (χ4n) is 1.98. The number of ether oxygens (including phenoxy) is 1. The Balaban J connectivity index is 2.27. The fourth-order valence-corrected chi connectivity index (χ4v) is 1.98. The Morgan fingerprint density at radius 1 is 1.37 bits per heavy atom. The second-order valence-electron chi connectivity index (χ2n) is 4.28. The zero-order chi connectivity index (χ0) is 13.8. The van der Waals surface area contributed by atoms with Crippen LogP contribution >= 0.6 is 0 Å². The van der Waals surface area contributed by atoms with Gasteiger partial charge in [0.2, 0.25) is 0 Å². The quantitative estimate of drug-likeness (QED) is 0.516. The highest BCUT2D eigenvalue weighted by atomic mass is 16.5. The molecule has 0 saturated heterocycles. The summed E-state index contributed by atoms with van der Waals surface area (Å²) < 4.78 is 9.68. The summed E-state index contributed by atoms with van der Waals surface area (Å²) in [6.07, 6.45) is 1.56. The lowest BCUT2D eigenvalue weighted by molar-refractivity contribution is -0.140. The summed E-state index contributed by atoms with van der Waals surface area (Å²) in [5, 5.41) is 0.846. The summed E-state index contributed by atoms with van der Waals surface area (Å²) in [6, 6.07) is 6.66. The third-order valence-electron chi connectivity index (χ3n) is 2.91. The van der Waals surface area contributed by atoms with Crippen molar-refractivity contribution in [2.24, 2.45) is 0 Å². The number of benzene rings is 1. The second-order valence-corrected chi connectivity index (χ2v) is 4.28. The van der Waals surface area contributed by atoms with Gasteiger partial charge in [0, 0.05) is 29.6 Å². The molecule has 2 aromatic rings. The van der Waals surface area contributed by atoms with E-state index in [1.54, 1.807) is 12.1 Å². The molecule has 1 heterocycles. The first-order valence-electron chi connectivity index (χ1n) is 5.99. The van der Waals surface area contributed by atoms with Crippen LogP contribution in [0.3, 0.4) is 0 Å². The van der Waals surface area contributed by atoms with E-state index >= 15 is 0 Å². The number of rotatable bonds is 4. The number of anilines is 1. The molecule has 2 rings (SSSR count). The summed E-state index contributed by atoms with van der Waals surface area (Å²) in [6.45, 7) is 0. The topological polar surface area (TPSA) is 82.5 Å². The van der Waals surface area contributed by atoms with E-state index in [0.29, 0.717) is 30.5 Å². The van der Waals surface area contributed by atoms with Crippen molar-refractivity contribution in [2.75, 3.05) is 12.8 Å². The summed E-state index contributed by atoms with van der Waals surface area (Å²) >= 11 is 0. The summed E-state index contributed by atoms with van der Waals surface area (Å²) in [5.74, 6) is -0.253. The first-order chi connectivity index (χ1) is 9.10. The van der Waals surface area contributed by atoms with Crippen molar-refractivity contribution < 1.29 is 13.9 Å². The Morgan fingerprint density at radius 3 is 2.89 bits per heavy atom. The largest absolute Gasteiger partial charge is 0.469 e. The van der Waals surface area contributed by atoms with Gasteiger partial charge in [0.15, 0.2) is 0 Å². The summed E-state index contributed by atoms with van der Waals surface area (Å²) in [4.78, 5) is 22.5. The van der Waals surface area contributed by atoms with Gasteiger partial charge in [-0.05, 0) is 30.5 Å². The van der Waals surface area contributed by atoms with Gasteiger partial charge in [0.1, 0.15) is 5.58 Å². The Kier molecular flexibility index (Phi) is 3.85. The third kappa shape index (κ3) is 3.13. The highest BCUT2D eigenvalue weighted by molar-refractivity contribution is 5.83. The maximum atomic E-state index is 11.5. The number of carbonyl (C=O) groups excluding carboxylic acids is 1. The summed E-state index contributed by atoms with van der Waals surface area (Å²) in [7, 11) is 1.36. The van der Waals surface area contributed by atoms with Crippen molar-refractivity contribution in [1.29, 1.82) is 0 Å². The van der Waals surface area contributed by atoms with E-state index < -0.39 is 5.63 Å². The molecule has 0 amide bonds. The van der Waals surface area contributed by atoms with Crippen LogP contribution in [0.2, 0.25) is 0 Å². The van der Waals surface area contributed by atoms with E-state index in [0.717, 1.165) is 10.9 Å². The van der Waals surface area contributed by atoms with Gasteiger partial charge in [-0.15, -0.1) is 0 Å². The first-order valence-corrected chi connectivity index (χ1v) is 5.99. The van der Waals surface area contributed by atoms with Crippen molar-refractivity contribution in [3.05, 3.63) is 40.2 Å². The van der Waals surface area contributed by atoms with Crippen LogP contribution in [-0.4, -0.2) is 13.1 Å². The van der Waals surface area contributed by atoms with Crippen LogP contribution in [0.5, 0.6) is 0 Å². The minimum Gasteiger partial charge on any atom is -0.469 e. The minimum absolute atomic E-state index is 0.253. The molecule has 19 heavy (non-hydrogen) atoms. The molecule has 0 unspecified atom stereocenters. The van der Waals surface area contributed by atoms with Gasteiger partial charge in [0.25, 0.3) is 0 Å². The molecule has 0 atom stereocenters. The van der Waals surface area contributed by atoms with Crippen LogP contribution in [-0.2, 0) is 16.0 Å². The molecular formula is C14H15NO4. The van der Waals surface area contributed by atoms with Gasteiger partial charge in [-0.25, -0.2) is 4.79 Å². The molecular weight excluding hydrogens is 246 g/mol. The Labute approximate surface area is 110 Å². The lowest BCUT2D eigenvalue weighted by atomic mass is 10.0. The average Bonchev–Trinajstić information content (AvgIpc) is 2.37. The predicted octanol–water partition coefficient (Wildman–Crippen LogP) is 1.87. The number of aryl methyl sites for hydroxylation is 1. The van der Waals surface area contributed by atoms with Gasteiger partial charge in [-0.1, -0.05) is 0 Å². The monoisotopic (exact) mass is 261 g/mol. The molecule has 1 aromatic carbocycles. The number of methoxy groups -OCH3 is 1. The molecule has 100 valence electrons. The van der Waals surface area contributed by atoms with Crippen LogP contribution < -0.4 is 11.4 Å². The molecule has 2 N–H and O–H groups in total. The number of fused-ring (bicyclic) bond motifs is 1. The van der Waals surface area contributed by atoms with Crippen LogP contribution in [0.1, 0.15) is 18.4 Å². The molecule has 0 saturated carbocycles. The third-order valence-corrected chi connectivity index (χ3v) is 2.91. The molecule has 5 heteroatoms. The molecule has 0 spiro atoms. The van der Waals surface area contributed by atoms with Crippen LogP contribution in [0.15, 0.2) is 33.5 Å². The number of hydrogen-bond donors (Lipinski definition) is 1. The Morgan fingerprint density at radius 2 is 2.16 bits per heavy atom. The summed E-state index contributed by atoms with van der Waals surface area (Å²) in [5.41, 5.74) is 7.12. The van der Waals surface area contributed by atoms with Crippen molar-refractivity contribution >= 4 is 22.6 Å². The van der Waals surface area contributed by atoms with Crippen molar-refractivity contribution in [3.8, 4) is 0 Å². The molecule has 0 aliphatic rings. The Bertz CT molecular complexity index is 660. The lowest BCUT2D eigenvalue weighted by Crippen LogP contribution is -2.04. The number of hydrogen-bond acceptors (Lipinski definition) is 5. The van der Waals surface area contributed by atoms with E-state index in [9.17, 15) is 9.59 Å². The zero-order valence-corrected chi connectivity index (χ0v) is 10.6. The Hall–Kier alpha value is -2.30. The van der Waals surface area contributed by atoms with E-state index in [2.05, 4.69) is 4.74 Å². The molecule has 1 aromatic heterocycles. The minimum atomic E-state index is -0.411. The zero-order valence-electron chi connectivity index (χ0n) is 10.6. The number of nitrogen functional groups attached to an aromatic ring is 1. The van der Waals surface area contributed by atoms with Crippen molar-refractivity contribution in [1.82, 2.24) is 0 Å². The van der Waals surface area contributed by atoms with Gasteiger partial charge >= 0.3 is 11.6 Å². The van der Waals surface area contributed by atoms with Gasteiger partial charge < -0.3 is 14.9 Å². The van der Waals surface area contributed by atoms with Crippen LogP contribution in [0.4, 0.5) is 5.69 Å². The predicted molar refractivity (Wildman–Crippen MR) is 71.9 cm³/mol. The standard InChI is InChI=1S/C14H15NO4/c1-18-13(16)4-2-3-9-7-14(17)19-12-8-10(15)5-6-11(9)12/h5-8H,2-4,15H2,1H3. The molecule has 0 fully saturated rings. The van der Waals surface area contributed by atoms with Gasteiger partial charge in [-0.2, -0.15) is 0 Å². The average molecular weight is 261 g/mol. The molecule has 5 nitrogen and oxygen atoms in total. The first kappa shape index (κ1) is 13.1.